The smallest absolute Gasteiger partial charge is 0.416 e. The number of hydrazine groups is 1. The summed E-state index contributed by atoms with van der Waals surface area (Å²) in [6.07, 6.45) is 0.207. The molecular weight excluding hydrogens is 513 g/mol. The first kappa shape index (κ1) is 28.2. The molecule has 8 nitrogen and oxygen atoms in total. The molecule has 1 saturated carbocycles. The summed E-state index contributed by atoms with van der Waals surface area (Å²) in [5.74, 6) is 0.312. The van der Waals surface area contributed by atoms with Crippen molar-refractivity contribution in [1.29, 1.82) is 0 Å². The van der Waals surface area contributed by atoms with Crippen LogP contribution in [0.2, 0.25) is 0 Å². The molecular formula is C28H31F3N4O4. The summed E-state index contributed by atoms with van der Waals surface area (Å²) < 4.78 is 50.4. The summed E-state index contributed by atoms with van der Waals surface area (Å²) in [6, 6.07) is 11.0. The number of amides is 3. The standard InChI is InChI=1S/C28H31F3N4O4/c1-38-16-25(33-27(37)35-34-26(36)19-7-10-21(39-2)11-8-19)18-5-3-17(4-6-18)22-13-14-32-24-12-9-20(15-23(22)24)28(29,30)31/h7-15,17-18,25H,3-6,16H2,1-2H3,(H,34,36)(H2,33,35,37)/t17-,18+,25?. The third kappa shape index (κ3) is 6.97. The SMILES string of the molecule is COCC(NC(=O)NNC(=O)c1ccc(OC)cc1)[C@H]1CC[C@@H](c2ccnc3ccc(C(F)(F)F)cc32)CC1. The number of fused-ring (bicyclic) bond motifs is 1. The topological polar surface area (TPSA) is 102 Å². The molecule has 0 saturated heterocycles. The summed E-state index contributed by atoms with van der Waals surface area (Å²) in [7, 11) is 3.07. The van der Waals surface area contributed by atoms with Gasteiger partial charge in [-0.05, 0) is 91.6 Å². The van der Waals surface area contributed by atoms with Crippen LogP contribution in [0.5, 0.6) is 5.75 Å². The van der Waals surface area contributed by atoms with Gasteiger partial charge in [-0.3, -0.25) is 15.2 Å². The Balaban J connectivity index is 1.35. The van der Waals surface area contributed by atoms with Gasteiger partial charge in [-0.1, -0.05) is 0 Å². The van der Waals surface area contributed by atoms with E-state index >= 15 is 0 Å². The minimum Gasteiger partial charge on any atom is -0.497 e. The summed E-state index contributed by atoms with van der Waals surface area (Å²) in [5, 5.41) is 3.40. The van der Waals surface area contributed by atoms with Crippen molar-refractivity contribution in [1.82, 2.24) is 21.2 Å². The lowest BCUT2D eigenvalue weighted by Crippen LogP contribution is -2.53. The number of pyridine rings is 1. The monoisotopic (exact) mass is 544 g/mol. The predicted octanol–water partition coefficient (Wildman–Crippen LogP) is 5.20. The molecule has 1 aliphatic carbocycles. The van der Waals surface area contributed by atoms with Crippen molar-refractivity contribution in [3.05, 3.63) is 71.4 Å². The molecule has 4 rings (SSSR count). The fraction of sp³-hybridized carbons (Fsp3) is 0.393. The minimum absolute atomic E-state index is 0.0797. The van der Waals surface area contributed by atoms with E-state index in [4.69, 9.17) is 9.47 Å². The van der Waals surface area contributed by atoms with Gasteiger partial charge in [0.05, 0.1) is 30.8 Å². The number of benzene rings is 2. The van der Waals surface area contributed by atoms with Crippen LogP contribution in [0.3, 0.4) is 0 Å². The summed E-state index contributed by atoms with van der Waals surface area (Å²) in [6.45, 7) is 0.280. The Morgan fingerprint density at radius 1 is 1.00 bits per heavy atom. The number of aromatic nitrogens is 1. The Kier molecular flexibility index (Phi) is 8.90. The Hall–Kier alpha value is -3.86. The zero-order valence-electron chi connectivity index (χ0n) is 21.7. The molecule has 2 aromatic carbocycles. The van der Waals surface area contributed by atoms with Gasteiger partial charge in [-0.25, -0.2) is 10.2 Å². The third-order valence-corrected chi connectivity index (χ3v) is 7.19. The van der Waals surface area contributed by atoms with Gasteiger partial charge in [0.1, 0.15) is 5.75 Å². The van der Waals surface area contributed by atoms with Crippen molar-refractivity contribution in [3.8, 4) is 5.75 Å². The second-order valence-electron chi connectivity index (χ2n) is 9.58. The molecule has 1 aromatic heterocycles. The maximum Gasteiger partial charge on any atom is 0.416 e. The molecule has 0 spiro atoms. The van der Waals surface area contributed by atoms with Crippen LogP contribution >= 0.6 is 0 Å². The molecule has 3 N–H and O–H groups in total. The van der Waals surface area contributed by atoms with E-state index in [0.717, 1.165) is 37.3 Å². The molecule has 1 heterocycles. The summed E-state index contributed by atoms with van der Waals surface area (Å²) in [4.78, 5) is 29.1. The van der Waals surface area contributed by atoms with Crippen molar-refractivity contribution in [2.24, 2.45) is 5.92 Å². The Morgan fingerprint density at radius 3 is 2.36 bits per heavy atom. The first-order chi connectivity index (χ1) is 18.7. The van der Waals surface area contributed by atoms with Gasteiger partial charge >= 0.3 is 12.2 Å². The molecule has 1 fully saturated rings. The molecule has 0 bridgehead atoms. The van der Waals surface area contributed by atoms with E-state index in [2.05, 4.69) is 21.2 Å². The molecule has 1 atom stereocenters. The molecule has 3 amide bonds. The highest BCUT2D eigenvalue weighted by atomic mass is 19.4. The quantitative estimate of drug-likeness (QED) is 0.355. The van der Waals surface area contributed by atoms with Crippen molar-refractivity contribution in [2.45, 2.75) is 43.8 Å². The lowest BCUT2D eigenvalue weighted by molar-refractivity contribution is -0.137. The lowest BCUT2D eigenvalue weighted by atomic mass is 9.75. The van der Waals surface area contributed by atoms with Gasteiger partial charge in [0, 0.05) is 24.3 Å². The largest absolute Gasteiger partial charge is 0.497 e. The number of urea groups is 1. The van der Waals surface area contributed by atoms with Crippen molar-refractivity contribution in [3.63, 3.8) is 0 Å². The van der Waals surface area contributed by atoms with Crippen LogP contribution in [0.25, 0.3) is 10.9 Å². The highest BCUT2D eigenvalue weighted by molar-refractivity contribution is 5.95. The Morgan fingerprint density at radius 2 is 1.72 bits per heavy atom. The average Bonchev–Trinajstić information content (AvgIpc) is 2.94. The molecule has 0 aliphatic heterocycles. The fourth-order valence-corrected chi connectivity index (χ4v) is 5.14. The number of carbonyl (C=O) groups is 2. The Bertz CT molecular complexity index is 1290. The summed E-state index contributed by atoms with van der Waals surface area (Å²) in [5.41, 5.74) is 5.82. The van der Waals surface area contributed by atoms with Crippen molar-refractivity contribution < 1.29 is 32.2 Å². The van der Waals surface area contributed by atoms with Gasteiger partial charge in [0.15, 0.2) is 0 Å². The van der Waals surface area contributed by atoms with Crippen LogP contribution < -0.4 is 20.9 Å². The molecule has 39 heavy (non-hydrogen) atoms. The highest BCUT2D eigenvalue weighted by Crippen LogP contribution is 2.40. The van der Waals surface area contributed by atoms with Gasteiger partial charge in [0.25, 0.3) is 5.91 Å². The number of halogens is 3. The zero-order valence-corrected chi connectivity index (χ0v) is 21.7. The number of nitrogens with zero attached hydrogens (tertiary/aromatic N) is 1. The third-order valence-electron chi connectivity index (χ3n) is 7.19. The van der Waals surface area contributed by atoms with Crippen LogP contribution in [0.4, 0.5) is 18.0 Å². The molecule has 208 valence electrons. The van der Waals surface area contributed by atoms with Crippen molar-refractivity contribution >= 4 is 22.8 Å². The van der Waals surface area contributed by atoms with E-state index in [1.165, 1.54) is 19.2 Å². The molecule has 1 aliphatic rings. The normalized spacial score (nSPS) is 18.3. The van der Waals surface area contributed by atoms with E-state index in [-0.39, 0.29) is 24.5 Å². The maximum atomic E-state index is 13.3. The van der Waals surface area contributed by atoms with Gasteiger partial charge in [-0.2, -0.15) is 13.2 Å². The van der Waals surface area contributed by atoms with Crippen LogP contribution in [0.15, 0.2) is 54.7 Å². The summed E-state index contributed by atoms with van der Waals surface area (Å²) >= 11 is 0. The van der Waals surface area contributed by atoms with Crippen LogP contribution in [-0.4, -0.2) is 43.8 Å². The van der Waals surface area contributed by atoms with E-state index in [9.17, 15) is 22.8 Å². The van der Waals surface area contributed by atoms with Crippen LogP contribution in [0, 0.1) is 5.92 Å². The number of nitrogens with one attached hydrogen (secondary N) is 3. The number of methoxy groups -OCH3 is 2. The van der Waals surface area contributed by atoms with Crippen LogP contribution in [0.1, 0.15) is 53.1 Å². The van der Waals surface area contributed by atoms with E-state index in [1.807, 2.05) is 0 Å². The number of carbonyl (C=O) groups excluding carboxylic acids is 2. The molecule has 1 unspecified atom stereocenters. The van der Waals surface area contributed by atoms with Gasteiger partial charge in [0.2, 0.25) is 0 Å². The number of ether oxygens (including phenoxy) is 2. The molecule has 0 radical (unpaired) electrons. The maximum absolute atomic E-state index is 13.3. The highest BCUT2D eigenvalue weighted by Gasteiger charge is 2.33. The van der Waals surface area contributed by atoms with Crippen LogP contribution in [-0.2, 0) is 10.9 Å². The first-order valence-electron chi connectivity index (χ1n) is 12.6. The molecule has 11 heteroatoms. The number of alkyl halides is 3. The minimum atomic E-state index is -4.42. The van der Waals surface area contributed by atoms with E-state index < -0.39 is 23.7 Å². The van der Waals surface area contributed by atoms with Crippen molar-refractivity contribution in [2.75, 3.05) is 20.8 Å². The van der Waals surface area contributed by atoms with E-state index in [1.54, 1.807) is 43.6 Å². The second kappa shape index (κ2) is 12.3. The second-order valence-corrected chi connectivity index (χ2v) is 9.58. The average molecular weight is 545 g/mol. The molecule has 3 aromatic rings. The first-order valence-corrected chi connectivity index (χ1v) is 12.6. The van der Waals surface area contributed by atoms with Gasteiger partial charge < -0.3 is 14.8 Å². The number of rotatable bonds is 7. The lowest BCUT2D eigenvalue weighted by Gasteiger charge is -2.34. The number of hydrogen-bond acceptors (Lipinski definition) is 5. The predicted molar refractivity (Wildman–Crippen MR) is 139 cm³/mol. The fourth-order valence-electron chi connectivity index (χ4n) is 5.14. The number of hydrogen-bond donors (Lipinski definition) is 3. The zero-order chi connectivity index (χ0) is 28.0. The Labute approximate surface area is 224 Å². The van der Waals surface area contributed by atoms with Gasteiger partial charge in [-0.15, -0.1) is 0 Å². The van der Waals surface area contributed by atoms with E-state index in [0.29, 0.717) is 22.2 Å².